The molecule has 0 aliphatic carbocycles. The van der Waals surface area contributed by atoms with Crippen molar-refractivity contribution in [2.45, 2.75) is 19.5 Å². The maximum atomic E-state index is 12.8. The van der Waals surface area contributed by atoms with Gasteiger partial charge in [-0.1, -0.05) is 12.1 Å². The molecule has 3 nitrogen and oxygen atoms in total. The molecule has 100 valence electrons. The molecule has 1 heterocycles. The smallest absolute Gasteiger partial charge is 0.336 e. The van der Waals surface area contributed by atoms with E-state index >= 15 is 0 Å². The van der Waals surface area contributed by atoms with Gasteiger partial charge in [-0.3, -0.25) is 0 Å². The number of hydrogen-bond donors (Lipinski definition) is 2. The van der Waals surface area contributed by atoms with Crippen LogP contribution in [0.2, 0.25) is 0 Å². The predicted molar refractivity (Wildman–Crippen MR) is 72.9 cm³/mol. The number of thiophene rings is 1. The fourth-order valence-electron chi connectivity index (χ4n) is 1.71. The Morgan fingerprint density at radius 1 is 1.42 bits per heavy atom. The Labute approximate surface area is 114 Å². The van der Waals surface area contributed by atoms with Gasteiger partial charge in [0.25, 0.3) is 0 Å². The van der Waals surface area contributed by atoms with Gasteiger partial charge >= 0.3 is 5.97 Å². The molecule has 0 bridgehead atoms. The number of carbonyl (C=O) groups is 1. The van der Waals surface area contributed by atoms with Crippen molar-refractivity contribution in [1.29, 1.82) is 0 Å². The molecule has 0 fully saturated rings. The predicted octanol–water partition coefficient (Wildman–Crippen LogP) is 3.44. The van der Waals surface area contributed by atoms with E-state index in [0.717, 1.165) is 10.4 Å². The molecule has 0 spiro atoms. The van der Waals surface area contributed by atoms with Crippen LogP contribution in [-0.2, 0) is 6.54 Å². The molecular weight excluding hydrogens is 265 g/mol. The second-order valence-corrected chi connectivity index (χ2v) is 5.26. The summed E-state index contributed by atoms with van der Waals surface area (Å²) in [5.74, 6) is -1.16. The molecule has 1 atom stereocenters. The Bertz CT molecular complexity index is 565. The van der Waals surface area contributed by atoms with E-state index in [0.29, 0.717) is 12.1 Å². The molecule has 0 radical (unpaired) electrons. The van der Waals surface area contributed by atoms with Crippen molar-refractivity contribution in [2.75, 3.05) is 0 Å². The van der Waals surface area contributed by atoms with E-state index in [9.17, 15) is 9.18 Å². The van der Waals surface area contributed by atoms with E-state index in [-0.39, 0.29) is 11.9 Å². The number of hydrogen-bond acceptors (Lipinski definition) is 3. The standard InChI is InChI=1S/C14H14FNO2S/c1-9(10-2-4-12(15)5-3-10)16-7-13-6-11(8-19-13)14(17)18/h2-6,8-9,16H,7H2,1H3,(H,17,18)/t9-/m1/s1. The van der Waals surface area contributed by atoms with E-state index in [1.807, 2.05) is 6.92 Å². The second-order valence-electron chi connectivity index (χ2n) is 4.26. The largest absolute Gasteiger partial charge is 0.478 e. The number of halogens is 1. The normalized spacial score (nSPS) is 12.3. The van der Waals surface area contributed by atoms with Crippen LogP contribution in [-0.4, -0.2) is 11.1 Å². The van der Waals surface area contributed by atoms with E-state index in [4.69, 9.17) is 5.11 Å². The van der Waals surface area contributed by atoms with Crippen molar-refractivity contribution in [1.82, 2.24) is 5.32 Å². The highest BCUT2D eigenvalue weighted by Gasteiger charge is 2.08. The van der Waals surface area contributed by atoms with Crippen LogP contribution in [0, 0.1) is 5.82 Å². The second kappa shape index (κ2) is 5.95. The van der Waals surface area contributed by atoms with E-state index in [1.165, 1.54) is 23.5 Å². The summed E-state index contributed by atoms with van der Waals surface area (Å²) in [5.41, 5.74) is 1.31. The van der Waals surface area contributed by atoms with Crippen molar-refractivity contribution >= 4 is 17.3 Å². The Morgan fingerprint density at radius 3 is 2.68 bits per heavy atom. The zero-order chi connectivity index (χ0) is 13.8. The SMILES string of the molecule is C[C@@H](NCc1cc(C(=O)O)cs1)c1ccc(F)cc1. The van der Waals surface area contributed by atoms with E-state index < -0.39 is 5.97 Å². The molecule has 2 N–H and O–H groups in total. The topological polar surface area (TPSA) is 49.3 Å². The lowest BCUT2D eigenvalue weighted by Gasteiger charge is -2.13. The number of benzene rings is 1. The van der Waals surface area contributed by atoms with Crippen molar-refractivity contribution in [2.24, 2.45) is 0 Å². The molecule has 0 amide bonds. The van der Waals surface area contributed by atoms with Gasteiger partial charge in [-0.25, -0.2) is 9.18 Å². The molecule has 2 aromatic rings. The number of aromatic carboxylic acids is 1. The molecule has 0 unspecified atom stereocenters. The van der Waals surface area contributed by atoms with E-state index in [2.05, 4.69) is 5.32 Å². The van der Waals surface area contributed by atoms with Crippen LogP contribution in [0.1, 0.15) is 33.8 Å². The average Bonchev–Trinajstić information content (AvgIpc) is 2.86. The molecule has 0 saturated heterocycles. The van der Waals surface area contributed by atoms with Crippen molar-refractivity contribution in [3.05, 3.63) is 57.5 Å². The Balaban J connectivity index is 1.94. The lowest BCUT2D eigenvalue weighted by molar-refractivity contribution is 0.0697. The molecule has 19 heavy (non-hydrogen) atoms. The minimum atomic E-state index is -0.908. The summed E-state index contributed by atoms with van der Waals surface area (Å²) < 4.78 is 12.8. The molecule has 5 heteroatoms. The third kappa shape index (κ3) is 3.62. The summed E-state index contributed by atoms with van der Waals surface area (Å²) in [6.07, 6.45) is 0. The summed E-state index contributed by atoms with van der Waals surface area (Å²) in [6, 6.07) is 8.09. The van der Waals surface area contributed by atoms with E-state index in [1.54, 1.807) is 23.6 Å². The third-order valence-electron chi connectivity index (χ3n) is 2.85. The number of nitrogens with one attached hydrogen (secondary N) is 1. The summed E-state index contributed by atoms with van der Waals surface area (Å²) in [4.78, 5) is 11.7. The van der Waals surface area contributed by atoms with Crippen LogP contribution in [0.3, 0.4) is 0 Å². The molecule has 0 aliphatic rings. The van der Waals surface area contributed by atoms with Gasteiger partial charge in [0.2, 0.25) is 0 Å². The minimum absolute atomic E-state index is 0.0796. The monoisotopic (exact) mass is 279 g/mol. The maximum absolute atomic E-state index is 12.8. The Hall–Kier alpha value is -1.72. The van der Waals surface area contributed by atoms with Gasteiger partial charge in [0, 0.05) is 22.8 Å². The zero-order valence-electron chi connectivity index (χ0n) is 10.4. The summed E-state index contributed by atoms with van der Waals surface area (Å²) >= 11 is 1.41. The van der Waals surface area contributed by atoms with Gasteiger partial charge in [-0.2, -0.15) is 0 Å². The van der Waals surface area contributed by atoms with Crippen molar-refractivity contribution in [3.63, 3.8) is 0 Å². The molecule has 2 rings (SSSR count). The van der Waals surface area contributed by atoms with Crippen LogP contribution in [0.25, 0.3) is 0 Å². The third-order valence-corrected chi connectivity index (χ3v) is 3.79. The first-order chi connectivity index (χ1) is 9.06. The van der Waals surface area contributed by atoms with Crippen LogP contribution in [0.5, 0.6) is 0 Å². The first-order valence-corrected chi connectivity index (χ1v) is 6.74. The fraction of sp³-hybridized carbons (Fsp3) is 0.214. The highest BCUT2D eigenvalue weighted by atomic mass is 32.1. The molecule has 1 aromatic carbocycles. The van der Waals surface area contributed by atoms with Crippen LogP contribution < -0.4 is 5.32 Å². The summed E-state index contributed by atoms with van der Waals surface area (Å²) in [6.45, 7) is 2.58. The minimum Gasteiger partial charge on any atom is -0.478 e. The molecule has 0 aliphatic heterocycles. The summed E-state index contributed by atoms with van der Waals surface area (Å²) in [5, 5.41) is 13.7. The Morgan fingerprint density at radius 2 is 2.11 bits per heavy atom. The van der Waals surface area contributed by atoms with Crippen molar-refractivity contribution < 1.29 is 14.3 Å². The van der Waals surface area contributed by atoms with Gasteiger partial charge < -0.3 is 10.4 Å². The van der Waals surface area contributed by atoms with Gasteiger partial charge in [0.1, 0.15) is 5.82 Å². The van der Waals surface area contributed by atoms with Gasteiger partial charge in [0.15, 0.2) is 0 Å². The number of carboxylic acids is 1. The maximum Gasteiger partial charge on any atom is 0.336 e. The van der Waals surface area contributed by atoms with Gasteiger partial charge in [-0.05, 0) is 30.7 Å². The van der Waals surface area contributed by atoms with Crippen LogP contribution in [0.4, 0.5) is 4.39 Å². The first kappa shape index (κ1) is 13.7. The average molecular weight is 279 g/mol. The first-order valence-electron chi connectivity index (χ1n) is 5.86. The highest BCUT2D eigenvalue weighted by Crippen LogP contribution is 2.17. The quantitative estimate of drug-likeness (QED) is 0.881. The lowest BCUT2D eigenvalue weighted by Crippen LogP contribution is -2.17. The van der Waals surface area contributed by atoms with Gasteiger partial charge in [-0.15, -0.1) is 11.3 Å². The molecule has 1 aromatic heterocycles. The summed E-state index contributed by atoms with van der Waals surface area (Å²) in [7, 11) is 0. The molecule has 0 saturated carbocycles. The van der Waals surface area contributed by atoms with Gasteiger partial charge in [0.05, 0.1) is 5.56 Å². The zero-order valence-corrected chi connectivity index (χ0v) is 11.2. The van der Waals surface area contributed by atoms with Crippen LogP contribution in [0.15, 0.2) is 35.7 Å². The Kier molecular flexibility index (Phi) is 4.29. The molecular formula is C14H14FNO2S. The van der Waals surface area contributed by atoms with Crippen molar-refractivity contribution in [3.8, 4) is 0 Å². The van der Waals surface area contributed by atoms with Crippen LogP contribution >= 0.6 is 11.3 Å². The number of carboxylic acid groups (broad SMARTS) is 1. The lowest BCUT2D eigenvalue weighted by atomic mass is 10.1. The highest BCUT2D eigenvalue weighted by molar-refractivity contribution is 7.10. The number of rotatable bonds is 5. The fourth-order valence-corrected chi connectivity index (χ4v) is 2.52.